The fourth-order valence-electron chi connectivity index (χ4n) is 3.44. The summed E-state index contributed by atoms with van der Waals surface area (Å²) in [6.45, 7) is 0. The van der Waals surface area contributed by atoms with Crippen LogP contribution in [0.3, 0.4) is 0 Å². The van der Waals surface area contributed by atoms with Crippen LogP contribution in [0.4, 0.5) is 5.69 Å². The minimum Gasteiger partial charge on any atom is -0.496 e. The Bertz CT molecular complexity index is 1000. The van der Waals surface area contributed by atoms with E-state index in [1.165, 1.54) is 15.8 Å². The normalized spacial score (nSPS) is 15.5. The van der Waals surface area contributed by atoms with Crippen molar-refractivity contribution in [3.63, 3.8) is 0 Å². The lowest BCUT2D eigenvalue weighted by Gasteiger charge is -2.17. The van der Waals surface area contributed by atoms with Crippen molar-refractivity contribution >= 4 is 17.3 Å². The van der Waals surface area contributed by atoms with Crippen LogP contribution in [0.5, 0.6) is 5.75 Å². The van der Waals surface area contributed by atoms with Gasteiger partial charge >= 0.3 is 0 Å². The Morgan fingerprint density at radius 3 is 2.77 bits per heavy atom. The Kier molecular flexibility index (Phi) is 4.39. The molecule has 1 N–H and O–H groups in total. The van der Waals surface area contributed by atoms with Crippen LogP contribution in [0.2, 0.25) is 5.02 Å². The summed E-state index contributed by atoms with van der Waals surface area (Å²) < 4.78 is 6.75. The van der Waals surface area contributed by atoms with Crippen LogP contribution < -0.4 is 15.6 Å². The summed E-state index contributed by atoms with van der Waals surface area (Å²) in [5, 5.41) is 7.79. The van der Waals surface area contributed by atoms with Crippen LogP contribution in [0.1, 0.15) is 23.6 Å². The van der Waals surface area contributed by atoms with Gasteiger partial charge in [-0.1, -0.05) is 41.9 Å². The van der Waals surface area contributed by atoms with Gasteiger partial charge in [0.05, 0.1) is 30.7 Å². The summed E-state index contributed by atoms with van der Waals surface area (Å²) in [6.07, 6.45) is 3.44. The summed E-state index contributed by atoms with van der Waals surface area (Å²) in [4.78, 5) is 12.6. The molecule has 0 amide bonds. The first-order chi connectivity index (χ1) is 12.7. The molecule has 132 valence electrons. The molecule has 26 heavy (non-hydrogen) atoms. The van der Waals surface area contributed by atoms with Gasteiger partial charge < -0.3 is 10.1 Å². The van der Waals surface area contributed by atoms with Gasteiger partial charge in [-0.15, -0.1) is 0 Å². The molecule has 0 radical (unpaired) electrons. The quantitative estimate of drug-likeness (QED) is 0.757. The van der Waals surface area contributed by atoms with E-state index in [1.54, 1.807) is 13.3 Å². The Hall–Kier alpha value is -2.79. The molecule has 1 aliphatic carbocycles. The second-order valence-corrected chi connectivity index (χ2v) is 6.57. The second-order valence-electron chi connectivity index (χ2n) is 6.19. The third-order valence-corrected chi connectivity index (χ3v) is 5.06. The zero-order valence-electron chi connectivity index (χ0n) is 14.3. The maximum Gasteiger partial charge on any atom is 0.292 e. The number of hydrogen-bond acceptors (Lipinski definition) is 4. The summed E-state index contributed by atoms with van der Waals surface area (Å²) >= 11 is 6.35. The number of ether oxygens (including phenoxy) is 1. The average Bonchev–Trinajstić information content (AvgIpc) is 3.09. The topological polar surface area (TPSA) is 56.1 Å². The number of rotatable bonds is 4. The number of anilines is 1. The van der Waals surface area contributed by atoms with Crippen molar-refractivity contribution in [2.75, 3.05) is 12.4 Å². The molecule has 0 bridgehead atoms. The standard InChI is InChI=1S/C20H18ClN3O2/c1-26-18-9-5-8-14-15(18)10-11-16(14)23-17-12-22-24(20(25)19(17)21)13-6-3-2-4-7-13/h2-9,12,16,23H,10-11H2,1H3. The molecule has 1 aliphatic rings. The lowest BCUT2D eigenvalue weighted by Crippen LogP contribution is -2.23. The number of hydrogen-bond donors (Lipinski definition) is 1. The van der Waals surface area contributed by atoms with E-state index in [0.29, 0.717) is 11.4 Å². The summed E-state index contributed by atoms with van der Waals surface area (Å²) in [7, 11) is 1.68. The van der Waals surface area contributed by atoms with Gasteiger partial charge in [0.25, 0.3) is 5.56 Å². The van der Waals surface area contributed by atoms with Gasteiger partial charge in [-0.25, -0.2) is 0 Å². The third-order valence-electron chi connectivity index (χ3n) is 4.70. The third kappa shape index (κ3) is 2.84. The molecule has 0 aliphatic heterocycles. The number of aromatic nitrogens is 2. The highest BCUT2D eigenvalue weighted by atomic mass is 35.5. The van der Waals surface area contributed by atoms with Crippen LogP contribution in [0, 0.1) is 0 Å². The van der Waals surface area contributed by atoms with E-state index in [-0.39, 0.29) is 16.6 Å². The Balaban J connectivity index is 1.66. The summed E-state index contributed by atoms with van der Waals surface area (Å²) in [6, 6.07) is 15.3. The molecule has 2 aromatic carbocycles. The van der Waals surface area contributed by atoms with E-state index >= 15 is 0 Å². The van der Waals surface area contributed by atoms with Crippen molar-refractivity contribution in [2.45, 2.75) is 18.9 Å². The van der Waals surface area contributed by atoms with E-state index in [1.807, 2.05) is 42.5 Å². The molecular formula is C20H18ClN3O2. The Morgan fingerprint density at radius 1 is 1.19 bits per heavy atom. The predicted molar refractivity (Wildman–Crippen MR) is 103 cm³/mol. The minimum atomic E-state index is -0.341. The van der Waals surface area contributed by atoms with Crippen LogP contribution in [-0.2, 0) is 6.42 Å². The maximum atomic E-state index is 12.6. The van der Waals surface area contributed by atoms with E-state index in [4.69, 9.17) is 16.3 Å². The number of nitrogens with one attached hydrogen (secondary N) is 1. The van der Waals surface area contributed by atoms with Crippen LogP contribution in [0.15, 0.2) is 59.5 Å². The molecule has 5 nitrogen and oxygen atoms in total. The molecule has 1 heterocycles. The van der Waals surface area contributed by atoms with Crippen molar-refractivity contribution in [1.29, 1.82) is 0 Å². The SMILES string of the molecule is COc1cccc2c1CCC2Nc1cnn(-c2ccccc2)c(=O)c1Cl. The molecule has 1 unspecified atom stereocenters. The lowest BCUT2D eigenvalue weighted by molar-refractivity contribution is 0.410. The Labute approximate surface area is 156 Å². The summed E-state index contributed by atoms with van der Waals surface area (Å²) in [5.41, 5.74) is 3.26. The number of methoxy groups -OCH3 is 1. The first-order valence-electron chi connectivity index (χ1n) is 8.44. The van der Waals surface area contributed by atoms with Crippen LogP contribution in [-0.4, -0.2) is 16.9 Å². The van der Waals surface area contributed by atoms with Gasteiger partial charge in [0.1, 0.15) is 10.8 Å². The fourth-order valence-corrected chi connectivity index (χ4v) is 3.62. The van der Waals surface area contributed by atoms with Crippen LogP contribution in [0.25, 0.3) is 5.69 Å². The molecular weight excluding hydrogens is 350 g/mol. The molecule has 6 heteroatoms. The molecule has 1 atom stereocenters. The first-order valence-corrected chi connectivity index (χ1v) is 8.82. The van der Waals surface area contributed by atoms with Gasteiger partial charge in [-0.2, -0.15) is 9.78 Å². The smallest absolute Gasteiger partial charge is 0.292 e. The predicted octanol–water partition coefficient (Wildman–Crippen LogP) is 3.99. The van der Waals surface area contributed by atoms with Gasteiger partial charge in [0.15, 0.2) is 0 Å². The highest BCUT2D eigenvalue weighted by Crippen LogP contribution is 2.39. The van der Waals surface area contributed by atoms with Crippen molar-refractivity contribution in [3.05, 3.63) is 81.2 Å². The Morgan fingerprint density at radius 2 is 2.00 bits per heavy atom. The number of nitrogens with zero attached hydrogens (tertiary/aromatic N) is 2. The largest absolute Gasteiger partial charge is 0.496 e. The molecule has 0 fully saturated rings. The van der Waals surface area contributed by atoms with E-state index in [9.17, 15) is 4.79 Å². The lowest BCUT2D eigenvalue weighted by atomic mass is 10.1. The van der Waals surface area contributed by atoms with Crippen molar-refractivity contribution in [1.82, 2.24) is 9.78 Å². The number of para-hydroxylation sites is 1. The molecule has 4 rings (SSSR count). The van der Waals surface area contributed by atoms with Gasteiger partial charge in [0.2, 0.25) is 0 Å². The zero-order chi connectivity index (χ0) is 18.1. The number of halogens is 1. The fraction of sp³-hybridized carbons (Fsp3) is 0.200. The van der Waals surface area contributed by atoms with Gasteiger partial charge in [-0.05, 0) is 42.2 Å². The molecule has 3 aromatic rings. The molecule has 0 saturated heterocycles. The molecule has 0 saturated carbocycles. The van der Waals surface area contributed by atoms with Gasteiger partial charge in [0, 0.05) is 0 Å². The number of fused-ring (bicyclic) bond motifs is 1. The zero-order valence-corrected chi connectivity index (χ0v) is 15.0. The van der Waals surface area contributed by atoms with Crippen molar-refractivity contribution in [3.8, 4) is 11.4 Å². The van der Waals surface area contributed by atoms with Crippen molar-refractivity contribution in [2.24, 2.45) is 0 Å². The average molecular weight is 368 g/mol. The molecule has 0 spiro atoms. The maximum absolute atomic E-state index is 12.6. The van der Waals surface area contributed by atoms with Crippen molar-refractivity contribution < 1.29 is 4.74 Å². The first kappa shape index (κ1) is 16.7. The highest BCUT2D eigenvalue weighted by molar-refractivity contribution is 6.33. The van der Waals surface area contributed by atoms with Gasteiger partial charge in [-0.3, -0.25) is 4.79 Å². The second kappa shape index (κ2) is 6.84. The monoisotopic (exact) mass is 367 g/mol. The van der Waals surface area contributed by atoms with E-state index in [0.717, 1.165) is 18.6 Å². The van der Waals surface area contributed by atoms with E-state index < -0.39 is 0 Å². The highest BCUT2D eigenvalue weighted by Gasteiger charge is 2.26. The molecule has 1 aromatic heterocycles. The van der Waals surface area contributed by atoms with E-state index in [2.05, 4.69) is 16.5 Å². The summed E-state index contributed by atoms with van der Waals surface area (Å²) in [5.74, 6) is 0.899. The van der Waals surface area contributed by atoms with Crippen LogP contribution >= 0.6 is 11.6 Å². The minimum absolute atomic E-state index is 0.0753. The number of benzene rings is 2.